The minimum absolute atomic E-state index is 0.163. The summed E-state index contributed by atoms with van der Waals surface area (Å²) in [6, 6.07) is 1.80. The molecule has 0 amide bonds. The van der Waals surface area contributed by atoms with Crippen LogP contribution < -0.4 is 16.0 Å². The van der Waals surface area contributed by atoms with Crippen molar-refractivity contribution in [1.29, 1.82) is 0 Å². The molecule has 0 bridgehead atoms. The fraction of sp³-hybridized carbons (Fsp3) is 0.500. The predicted octanol–water partition coefficient (Wildman–Crippen LogP) is 2.23. The molecule has 1 unspecified atom stereocenters. The highest BCUT2D eigenvalue weighted by Gasteiger charge is 2.20. The molecule has 2 aromatic heterocycles. The highest BCUT2D eigenvalue weighted by atomic mass is 32.1. The van der Waals surface area contributed by atoms with Crippen LogP contribution in [0.3, 0.4) is 0 Å². The van der Waals surface area contributed by atoms with Crippen molar-refractivity contribution < 1.29 is 4.74 Å². The zero-order chi connectivity index (χ0) is 15.1. The Morgan fingerprint density at radius 3 is 2.90 bits per heavy atom. The number of ether oxygens (including phenoxy) is 1. The van der Waals surface area contributed by atoms with Gasteiger partial charge in [0.25, 0.3) is 0 Å². The Morgan fingerprint density at radius 2 is 2.19 bits per heavy atom. The molecule has 2 aromatic rings. The minimum Gasteiger partial charge on any atom is -0.492 e. The van der Waals surface area contributed by atoms with Crippen molar-refractivity contribution in [3.05, 3.63) is 34.6 Å². The standard InChI is InChI=1S/C14H21N5OS/c1-3-5-12-14(21-19-18-12)13(17-15)10-7-11(9-16-8-10)20-6-4-2/h7-9,13,17H,3-6,15H2,1-2H3. The van der Waals surface area contributed by atoms with Crippen molar-refractivity contribution in [2.45, 2.75) is 39.2 Å². The molecule has 1 atom stereocenters. The maximum absolute atomic E-state index is 5.74. The molecule has 0 aliphatic carbocycles. The number of pyridine rings is 1. The third-order valence-corrected chi connectivity index (χ3v) is 3.87. The van der Waals surface area contributed by atoms with Crippen molar-refractivity contribution in [3.8, 4) is 5.75 Å². The van der Waals surface area contributed by atoms with Gasteiger partial charge in [-0.25, -0.2) is 5.43 Å². The highest BCUT2D eigenvalue weighted by molar-refractivity contribution is 7.05. The molecule has 2 rings (SSSR count). The summed E-state index contributed by atoms with van der Waals surface area (Å²) in [7, 11) is 0. The summed E-state index contributed by atoms with van der Waals surface area (Å²) < 4.78 is 9.68. The summed E-state index contributed by atoms with van der Waals surface area (Å²) >= 11 is 1.37. The number of nitrogens with one attached hydrogen (secondary N) is 1. The van der Waals surface area contributed by atoms with Crippen molar-refractivity contribution >= 4 is 11.5 Å². The van der Waals surface area contributed by atoms with Gasteiger partial charge in [-0.1, -0.05) is 24.8 Å². The van der Waals surface area contributed by atoms with Gasteiger partial charge in [-0.2, -0.15) is 0 Å². The van der Waals surface area contributed by atoms with E-state index in [2.05, 4.69) is 33.8 Å². The van der Waals surface area contributed by atoms with Crippen LogP contribution in [0.2, 0.25) is 0 Å². The van der Waals surface area contributed by atoms with Gasteiger partial charge in [-0.05, 0) is 36.0 Å². The molecule has 0 saturated carbocycles. The molecular formula is C14H21N5OS. The number of aromatic nitrogens is 3. The first-order chi connectivity index (χ1) is 10.3. The molecule has 0 aliphatic rings. The molecule has 2 heterocycles. The largest absolute Gasteiger partial charge is 0.492 e. The van der Waals surface area contributed by atoms with E-state index in [1.807, 2.05) is 6.07 Å². The molecular weight excluding hydrogens is 286 g/mol. The molecule has 3 N–H and O–H groups in total. The fourth-order valence-corrected chi connectivity index (χ4v) is 2.85. The van der Waals surface area contributed by atoms with Gasteiger partial charge in [0.05, 0.1) is 29.4 Å². The van der Waals surface area contributed by atoms with Crippen LogP contribution in [-0.2, 0) is 6.42 Å². The van der Waals surface area contributed by atoms with Crippen LogP contribution in [0.4, 0.5) is 0 Å². The first-order valence-corrected chi connectivity index (χ1v) is 7.92. The summed E-state index contributed by atoms with van der Waals surface area (Å²) in [5, 5.41) is 4.19. The van der Waals surface area contributed by atoms with Crippen molar-refractivity contribution in [2.75, 3.05) is 6.61 Å². The van der Waals surface area contributed by atoms with E-state index >= 15 is 0 Å². The number of nitrogens with zero attached hydrogens (tertiary/aromatic N) is 3. The second-order valence-electron chi connectivity index (χ2n) is 4.74. The Labute approximate surface area is 128 Å². The van der Waals surface area contributed by atoms with Gasteiger partial charge in [0.15, 0.2) is 0 Å². The first-order valence-electron chi connectivity index (χ1n) is 7.15. The van der Waals surface area contributed by atoms with E-state index in [0.717, 1.165) is 41.1 Å². The van der Waals surface area contributed by atoms with Gasteiger partial charge < -0.3 is 4.74 Å². The van der Waals surface area contributed by atoms with E-state index < -0.39 is 0 Å². The second-order valence-corrected chi connectivity index (χ2v) is 5.52. The lowest BCUT2D eigenvalue weighted by molar-refractivity contribution is 0.315. The van der Waals surface area contributed by atoms with Gasteiger partial charge in [-0.3, -0.25) is 10.8 Å². The number of aryl methyl sites for hydroxylation is 1. The third-order valence-electron chi connectivity index (χ3n) is 3.04. The van der Waals surface area contributed by atoms with E-state index in [9.17, 15) is 0 Å². The average Bonchev–Trinajstić information content (AvgIpc) is 2.95. The number of hydrazine groups is 1. The average molecular weight is 307 g/mol. The fourth-order valence-electron chi connectivity index (χ4n) is 2.06. The SMILES string of the molecule is CCCOc1cncc(C(NN)c2snnc2CCC)c1. The predicted molar refractivity (Wildman–Crippen MR) is 83.1 cm³/mol. The van der Waals surface area contributed by atoms with Crippen LogP contribution in [0.1, 0.15) is 48.9 Å². The van der Waals surface area contributed by atoms with E-state index in [-0.39, 0.29) is 6.04 Å². The number of nitrogens with two attached hydrogens (primary N) is 1. The molecule has 114 valence electrons. The van der Waals surface area contributed by atoms with E-state index in [4.69, 9.17) is 10.6 Å². The summed E-state index contributed by atoms with van der Waals surface area (Å²) in [5.74, 6) is 6.50. The van der Waals surface area contributed by atoms with Gasteiger partial charge in [-0.15, -0.1) is 5.10 Å². The number of rotatable bonds is 8. The van der Waals surface area contributed by atoms with E-state index in [0.29, 0.717) is 6.61 Å². The third kappa shape index (κ3) is 3.96. The first kappa shape index (κ1) is 15.8. The van der Waals surface area contributed by atoms with E-state index in [1.165, 1.54) is 11.5 Å². The Hall–Kier alpha value is -1.57. The van der Waals surface area contributed by atoms with Crippen LogP contribution in [0.5, 0.6) is 5.75 Å². The monoisotopic (exact) mass is 307 g/mol. The van der Waals surface area contributed by atoms with Gasteiger partial charge in [0, 0.05) is 6.20 Å². The van der Waals surface area contributed by atoms with Crippen LogP contribution in [0.15, 0.2) is 18.5 Å². The Morgan fingerprint density at radius 1 is 1.33 bits per heavy atom. The maximum atomic E-state index is 5.74. The Bertz CT molecular complexity index is 560. The molecule has 0 fully saturated rings. The normalized spacial score (nSPS) is 12.3. The lowest BCUT2D eigenvalue weighted by Gasteiger charge is -2.16. The van der Waals surface area contributed by atoms with Gasteiger partial charge in [0.1, 0.15) is 5.75 Å². The molecule has 0 aromatic carbocycles. The minimum atomic E-state index is -0.163. The Balaban J connectivity index is 2.26. The van der Waals surface area contributed by atoms with Gasteiger partial charge in [0.2, 0.25) is 0 Å². The molecule has 0 spiro atoms. The summed E-state index contributed by atoms with van der Waals surface area (Å²) in [6.45, 7) is 4.87. The molecule has 7 heteroatoms. The molecule has 21 heavy (non-hydrogen) atoms. The zero-order valence-corrected chi connectivity index (χ0v) is 13.2. The van der Waals surface area contributed by atoms with Crippen molar-refractivity contribution in [2.24, 2.45) is 5.84 Å². The molecule has 0 radical (unpaired) electrons. The number of hydrogen-bond acceptors (Lipinski definition) is 7. The van der Waals surface area contributed by atoms with Crippen molar-refractivity contribution in [3.63, 3.8) is 0 Å². The molecule has 0 aliphatic heterocycles. The maximum Gasteiger partial charge on any atom is 0.137 e. The Kier molecular flexibility index (Phi) is 6.04. The molecule has 6 nitrogen and oxygen atoms in total. The quantitative estimate of drug-likeness (QED) is 0.574. The van der Waals surface area contributed by atoms with E-state index in [1.54, 1.807) is 12.4 Å². The lowest BCUT2D eigenvalue weighted by Crippen LogP contribution is -2.29. The summed E-state index contributed by atoms with van der Waals surface area (Å²) in [6.07, 6.45) is 6.38. The second kappa shape index (κ2) is 8.02. The van der Waals surface area contributed by atoms with Gasteiger partial charge >= 0.3 is 0 Å². The van der Waals surface area contributed by atoms with Crippen LogP contribution in [-0.4, -0.2) is 21.2 Å². The highest BCUT2D eigenvalue weighted by Crippen LogP contribution is 2.28. The topological polar surface area (TPSA) is 86.0 Å². The van der Waals surface area contributed by atoms with Crippen LogP contribution >= 0.6 is 11.5 Å². The van der Waals surface area contributed by atoms with Crippen LogP contribution in [0.25, 0.3) is 0 Å². The number of hydrogen-bond donors (Lipinski definition) is 2. The lowest BCUT2D eigenvalue weighted by atomic mass is 10.1. The smallest absolute Gasteiger partial charge is 0.137 e. The molecule has 0 saturated heterocycles. The zero-order valence-electron chi connectivity index (χ0n) is 12.4. The summed E-state index contributed by atoms with van der Waals surface area (Å²) in [5.41, 5.74) is 4.78. The van der Waals surface area contributed by atoms with Crippen molar-refractivity contribution in [1.82, 2.24) is 20.0 Å². The summed E-state index contributed by atoms with van der Waals surface area (Å²) in [4.78, 5) is 5.27. The van der Waals surface area contributed by atoms with Crippen LogP contribution in [0, 0.1) is 0 Å².